The molecule has 5 nitrogen and oxygen atoms in total. The number of rotatable bonds is 3. The standard InChI is InChI=1S/C18H19N3O2/c22-17(23)20-11-16-18(12-20,9-14-5-2-1-3-6-14)13-21(16)15-7-4-8-19-10-15/h1-8,10,16H,9,11-13H2,(H,22,23)/t16-,18-/m1/s1. The van der Waals surface area contributed by atoms with Gasteiger partial charge in [0.1, 0.15) is 0 Å². The SMILES string of the molecule is O=C(O)N1C[C@H]2N(c3cccnc3)C[C@@]2(Cc2ccccc2)C1. The van der Waals surface area contributed by atoms with E-state index >= 15 is 0 Å². The van der Waals surface area contributed by atoms with Gasteiger partial charge < -0.3 is 14.9 Å². The Morgan fingerprint density at radius 2 is 2.04 bits per heavy atom. The van der Waals surface area contributed by atoms with Gasteiger partial charge in [-0.25, -0.2) is 4.79 Å². The summed E-state index contributed by atoms with van der Waals surface area (Å²) >= 11 is 0. The van der Waals surface area contributed by atoms with Crippen molar-refractivity contribution in [3.8, 4) is 0 Å². The van der Waals surface area contributed by atoms with Crippen LogP contribution < -0.4 is 4.90 Å². The Kier molecular flexibility index (Phi) is 3.22. The average Bonchev–Trinajstić information content (AvgIpc) is 2.84. The van der Waals surface area contributed by atoms with Gasteiger partial charge in [-0.1, -0.05) is 30.3 Å². The van der Waals surface area contributed by atoms with Crippen molar-refractivity contribution >= 4 is 11.8 Å². The van der Waals surface area contributed by atoms with Gasteiger partial charge in [-0.3, -0.25) is 4.98 Å². The molecule has 0 spiro atoms. The molecule has 2 fully saturated rings. The number of likely N-dealkylation sites (tertiary alicyclic amines) is 1. The van der Waals surface area contributed by atoms with Crippen LogP contribution in [0, 0.1) is 5.41 Å². The van der Waals surface area contributed by atoms with E-state index in [1.807, 2.05) is 36.5 Å². The van der Waals surface area contributed by atoms with Crippen LogP contribution in [0.4, 0.5) is 10.5 Å². The zero-order valence-corrected chi connectivity index (χ0v) is 12.8. The Labute approximate surface area is 135 Å². The summed E-state index contributed by atoms with van der Waals surface area (Å²) < 4.78 is 0. The summed E-state index contributed by atoms with van der Waals surface area (Å²) in [7, 11) is 0. The molecular weight excluding hydrogens is 290 g/mol. The topological polar surface area (TPSA) is 56.7 Å². The predicted molar refractivity (Wildman–Crippen MR) is 87.5 cm³/mol. The minimum Gasteiger partial charge on any atom is -0.465 e. The van der Waals surface area contributed by atoms with Crippen LogP contribution in [0.3, 0.4) is 0 Å². The lowest BCUT2D eigenvalue weighted by Gasteiger charge is -2.54. The first kappa shape index (κ1) is 14.1. The summed E-state index contributed by atoms with van der Waals surface area (Å²) in [5.74, 6) is 0. The maximum atomic E-state index is 11.5. The zero-order valence-electron chi connectivity index (χ0n) is 12.8. The van der Waals surface area contributed by atoms with Crippen molar-refractivity contribution in [2.24, 2.45) is 5.41 Å². The van der Waals surface area contributed by atoms with E-state index < -0.39 is 6.09 Å². The molecule has 1 aromatic carbocycles. The van der Waals surface area contributed by atoms with Crippen molar-refractivity contribution in [3.63, 3.8) is 0 Å². The Balaban J connectivity index is 1.61. The molecular formula is C18H19N3O2. The number of amides is 1. The molecule has 0 unspecified atom stereocenters. The van der Waals surface area contributed by atoms with E-state index in [9.17, 15) is 9.90 Å². The van der Waals surface area contributed by atoms with Crippen LogP contribution in [0.2, 0.25) is 0 Å². The fraction of sp³-hybridized carbons (Fsp3) is 0.333. The third-order valence-electron chi connectivity index (χ3n) is 5.11. The second kappa shape index (κ2) is 5.26. The summed E-state index contributed by atoms with van der Waals surface area (Å²) in [6.45, 7) is 2.05. The first-order chi connectivity index (χ1) is 11.2. The molecule has 0 radical (unpaired) electrons. The molecule has 2 atom stereocenters. The number of benzene rings is 1. The number of nitrogens with zero attached hydrogens (tertiary/aromatic N) is 3. The highest BCUT2D eigenvalue weighted by atomic mass is 16.4. The van der Waals surface area contributed by atoms with Gasteiger partial charge in [0.25, 0.3) is 0 Å². The molecule has 2 aliphatic heterocycles. The number of carboxylic acid groups (broad SMARTS) is 1. The highest BCUT2D eigenvalue weighted by Gasteiger charge is 2.58. The summed E-state index contributed by atoms with van der Waals surface area (Å²) in [4.78, 5) is 19.5. The predicted octanol–water partition coefficient (Wildman–Crippen LogP) is 2.49. The van der Waals surface area contributed by atoms with Crippen LogP contribution in [0.15, 0.2) is 54.9 Å². The van der Waals surface area contributed by atoms with E-state index in [1.54, 1.807) is 11.1 Å². The van der Waals surface area contributed by atoms with Gasteiger partial charge in [0, 0.05) is 31.2 Å². The molecule has 2 aliphatic rings. The molecule has 4 rings (SSSR count). The second-order valence-electron chi connectivity index (χ2n) is 6.54. The smallest absolute Gasteiger partial charge is 0.407 e. The van der Waals surface area contributed by atoms with Crippen LogP contribution >= 0.6 is 0 Å². The third-order valence-corrected chi connectivity index (χ3v) is 5.11. The Morgan fingerprint density at radius 3 is 2.74 bits per heavy atom. The summed E-state index contributed by atoms with van der Waals surface area (Å²) in [5, 5.41) is 9.41. The molecule has 23 heavy (non-hydrogen) atoms. The summed E-state index contributed by atoms with van der Waals surface area (Å²) in [6.07, 6.45) is 3.71. The molecule has 1 N–H and O–H groups in total. The molecule has 118 valence electrons. The van der Waals surface area contributed by atoms with E-state index in [1.165, 1.54) is 5.56 Å². The average molecular weight is 309 g/mol. The molecule has 1 aromatic heterocycles. The van der Waals surface area contributed by atoms with Gasteiger partial charge in [0.2, 0.25) is 0 Å². The molecule has 3 heterocycles. The lowest BCUT2D eigenvalue weighted by atomic mass is 9.69. The number of hydrogen-bond acceptors (Lipinski definition) is 3. The van der Waals surface area contributed by atoms with Crippen LogP contribution in [-0.4, -0.2) is 46.8 Å². The highest BCUT2D eigenvalue weighted by molar-refractivity contribution is 5.67. The van der Waals surface area contributed by atoms with Crippen LogP contribution in [0.25, 0.3) is 0 Å². The van der Waals surface area contributed by atoms with E-state index in [0.29, 0.717) is 13.1 Å². The van der Waals surface area contributed by atoms with Gasteiger partial charge in [-0.15, -0.1) is 0 Å². The molecule has 1 amide bonds. The molecule has 0 bridgehead atoms. The summed E-state index contributed by atoms with van der Waals surface area (Å²) in [6, 6.07) is 14.6. The van der Waals surface area contributed by atoms with Crippen molar-refractivity contribution in [1.29, 1.82) is 0 Å². The fourth-order valence-corrected chi connectivity index (χ4v) is 4.05. The Morgan fingerprint density at radius 1 is 1.22 bits per heavy atom. The van der Waals surface area contributed by atoms with Gasteiger partial charge in [-0.2, -0.15) is 0 Å². The van der Waals surface area contributed by atoms with Gasteiger partial charge in [-0.05, 0) is 24.1 Å². The van der Waals surface area contributed by atoms with Gasteiger partial charge >= 0.3 is 6.09 Å². The van der Waals surface area contributed by atoms with E-state index in [2.05, 4.69) is 22.0 Å². The van der Waals surface area contributed by atoms with E-state index in [4.69, 9.17) is 0 Å². The molecule has 0 saturated carbocycles. The Bertz CT molecular complexity index is 707. The fourth-order valence-electron chi connectivity index (χ4n) is 4.05. The normalized spacial score (nSPS) is 25.8. The quantitative estimate of drug-likeness (QED) is 0.946. The minimum atomic E-state index is -0.821. The number of pyridine rings is 1. The van der Waals surface area contributed by atoms with Crippen LogP contribution in [0.5, 0.6) is 0 Å². The number of anilines is 1. The van der Waals surface area contributed by atoms with Gasteiger partial charge in [0.05, 0.1) is 17.9 Å². The molecule has 2 aromatic rings. The number of carbonyl (C=O) groups is 1. The zero-order chi connectivity index (χ0) is 15.9. The van der Waals surface area contributed by atoms with Crippen molar-refractivity contribution in [2.45, 2.75) is 12.5 Å². The van der Waals surface area contributed by atoms with Crippen molar-refractivity contribution in [2.75, 3.05) is 24.5 Å². The van der Waals surface area contributed by atoms with Crippen LogP contribution in [0.1, 0.15) is 5.56 Å². The lowest BCUT2D eigenvalue weighted by Crippen LogP contribution is -2.65. The van der Waals surface area contributed by atoms with Crippen molar-refractivity contribution in [1.82, 2.24) is 9.88 Å². The number of fused-ring (bicyclic) bond motifs is 1. The van der Waals surface area contributed by atoms with E-state index in [-0.39, 0.29) is 11.5 Å². The highest BCUT2D eigenvalue weighted by Crippen LogP contribution is 2.48. The largest absolute Gasteiger partial charge is 0.465 e. The molecule has 5 heteroatoms. The minimum absolute atomic E-state index is 0.00951. The van der Waals surface area contributed by atoms with Gasteiger partial charge in [0.15, 0.2) is 0 Å². The number of aromatic nitrogens is 1. The third kappa shape index (κ3) is 2.32. The lowest BCUT2D eigenvalue weighted by molar-refractivity contribution is 0.144. The first-order valence-electron chi connectivity index (χ1n) is 7.86. The van der Waals surface area contributed by atoms with Crippen molar-refractivity contribution < 1.29 is 9.90 Å². The Hall–Kier alpha value is -2.56. The van der Waals surface area contributed by atoms with Crippen molar-refractivity contribution in [3.05, 3.63) is 60.4 Å². The van der Waals surface area contributed by atoms with Crippen LogP contribution in [-0.2, 0) is 6.42 Å². The molecule has 2 saturated heterocycles. The van der Waals surface area contributed by atoms with E-state index in [0.717, 1.165) is 18.7 Å². The molecule has 0 aliphatic carbocycles. The number of hydrogen-bond donors (Lipinski definition) is 1. The summed E-state index contributed by atoms with van der Waals surface area (Å²) in [5.41, 5.74) is 2.36. The second-order valence-corrected chi connectivity index (χ2v) is 6.54. The monoisotopic (exact) mass is 309 g/mol. The maximum Gasteiger partial charge on any atom is 0.407 e. The first-order valence-corrected chi connectivity index (χ1v) is 7.86. The maximum absolute atomic E-state index is 11.5.